The van der Waals surface area contributed by atoms with Gasteiger partial charge in [-0.1, -0.05) is 148 Å². The Kier molecular flexibility index (Phi) is 37.2. The molecule has 0 bridgehead atoms. The minimum Gasteiger partial charge on any atom is -0.462 e. The van der Waals surface area contributed by atoms with Gasteiger partial charge in [-0.05, 0) is 89.9 Å². The van der Waals surface area contributed by atoms with Gasteiger partial charge in [0.1, 0.15) is 55.4 Å². The number of aliphatic hydroxyl groups is 7. The number of carbonyl (C=O) groups is 2. The van der Waals surface area contributed by atoms with Crippen LogP contribution >= 0.6 is 0 Å². The highest BCUT2D eigenvalue weighted by Crippen LogP contribution is 2.26. The van der Waals surface area contributed by atoms with Crippen molar-refractivity contribution in [3.05, 3.63) is 134 Å². The van der Waals surface area contributed by atoms with Crippen molar-refractivity contribution in [2.24, 2.45) is 0 Å². The zero-order chi connectivity index (χ0) is 52.4. The fourth-order valence-corrected chi connectivity index (χ4v) is 6.98. The summed E-state index contributed by atoms with van der Waals surface area (Å²) in [5.74, 6) is -1.11. The third-order valence-electron chi connectivity index (χ3n) is 11.1. The number of esters is 2. The van der Waals surface area contributed by atoms with Crippen LogP contribution in [-0.2, 0) is 38.0 Å². The molecule has 404 valence electrons. The van der Waals surface area contributed by atoms with E-state index < -0.39 is 99.3 Å². The fourth-order valence-electron chi connectivity index (χ4n) is 6.98. The van der Waals surface area contributed by atoms with E-state index in [1.54, 1.807) is 0 Å². The Hall–Kier alpha value is -4.36. The van der Waals surface area contributed by atoms with Gasteiger partial charge in [0.25, 0.3) is 0 Å². The summed E-state index contributed by atoms with van der Waals surface area (Å²) in [5, 5.41) is 72.1. The average Bonchev–Trinajstić information content (AvgIpc) is 3.37. The van der Waals surface area contributed by atoms with Gasteiger partial charge in [-0.3, -0.25) is 9.59 Å². The molecule has 2 rings (SSSR count). The highest BCUT2D eigenvalue weighted by Gasteiger charge is 2.47. The molecule has 0 aliphatic carbocycles. The number of unbranched alkanes of at least 4 members (excludes halogenated alkanes) is 1. The van der Waals surface area contributed by atoms with E-state index in [1.807, 2.05) is 24.3 Å². The van der Waals surface area contributed by atoms with Gasteiger partial charge in [0.05, 0.1) is 19.8 Å². The molecular weight excluding hydrogens is 925 g/mol. The summed E-state index contributed by atoms with van der Waals surface area (Å²) in [5.41, 5.74) is 0. The summed E-state index contributed by atoms with van der Waals surface area (Å²) < 4.78 is 33.4. The Morgan fingerprint density at radius 1 is 0.444 bits per heavy atom. The van der Waals surface area contributed by atoms with Crippen molar-refractivity contribution >= 4 is 11.9 Å². The van der Waals surface area contributed by atoms with Gasteiger partial charge in [0.15, 0.2) is 18.7 Å². The first-order valence-corrected chi connectivity index (χ1v) is 25.8. The van der Waals surface area contributed by atoms with E-state index in [2.05, 4.69) is 123 Å². The van der Waals surface area contributed by atoms with Crippen LogP contribution in [0, 0.1) is 0 Å². The van der Waals surface area contributed by atoms with Gasteiger partial charge in [-0.2, -0.15) is 0 Å². The van der Waals surface area contributed by atoms with Crippen LogP contribution < -0.4 is 0 Å². The number of hydrogen-bond acceptors (Lipinski definition) is 15. The Labute approximate surface area is 428 Å². The molecule has 0 aromatic carbocycles. The molecule has 15 heteroatoms. The topological polar surface area (TPSA) is 231 Å². The Bertz CT molecular complexity index is 1760. The normalized spacial score (nSPS) is 26.1. The molecular formula is C57H86O15. The average molecular weight is 1010 g/mol. The molecule has 7 N–H and O–H groups in total. The predicted octanol–water partition coefficient (Wildman–Crippen LogP) is 7.48. The quantitative estimate of drug-likeness (QED) is 0.0182. The Morgan fingerprint density at radius 3 is 1.28 bits per heavy atom. The minimum atomic E-state index is -1.80. The third kappa shape index (κ3) is 29.4. The van der Waals surface area contributed by atoms with Crippen LogP contribution in [0.15, 0.2) is 134 Å². The van der Waals surface area contributed by atoms with E-state index >= 15 is 0 Å². The van der Waals surface area contributed by atoms with E-state index in [0.29, 0.717) is 25.7 Å². The SMILES string of the molecule is CC/C=C/C/C=C/C/C=C/C/C=C/C/C=C/C/C=C/CCC(=O)OC[C@@H](CO[C@@H]1O[C@H](CO[C@@H]2O[C@H](CO)[C@H](O)C(O)C2O)[C@H](O)C(O)C1O)OC(=O)CCC/C=C/C/C=C/C/C=C/C/C=C/C/C=C/CC. The summed E-state index contributed by atoms with van der Waals surface area (Å²) in [4.78, 5) is 25.7. The molecule has 4 unspecified atom stereocenters. The van der Waals surface area contributed by atoms with Crippen molar-refractivity contribution in [1.29, 1.82) is 0 Å². The van der Waals surface area contributed by atoms with Crippen molar-refractivity contribution in [3.63, 3.8) is 0 Å². The van der Waals surface area contributed by atoms with Gasteiger partial charge in [-0.25, -0.2) is 0 Å². The summed E-state index contributed by atoms with van der Waals surface area (Å²) in [6.07, 6.45) is 40.7. The highest BCUT2D eigenvalue weighted by atomic mass is 16.7. The maximum absolute atomic E-state index is 13.0. The zero-order valence-corrected chi connectivity index (χ0v) is 42.6. The molecule has 0 aromatic rings. The Balaban J connectivity index is 1.87. The largest absolute Gasteiger partial charge is 0.462 e. The summed E-state index contributed by atoms with van der Waals surface area (Å²) in [6, 6.07) is 0. The number of hydrogen-bond donors (Lipinski definition) is 7. The fraction of sp³-hybridized carbons (Fsp3) is 0.579. The molecule has 2 aliphatic heterocycles. The van der Waals surface area contributed by atoms with Crippen LogP contribution in [-0.4, -0.2) is 142 Å². The maximum atomic E-state index is 13.0. The van der Waals surface area contributed by atoms with E-state index in [9.17, 15) is 45.3 Å². The van der Waals surface area contributed by atoms with E-state index in [0.717, 1.165) is 64.2 Å². The minimum absolute atomic E-state index is 0.0618. The molecule has 15 nitrogen and oxygen atoms in total. The van der Waals surface area contributed by atoms with Crippen molar-refractivity contribution in [1.82, 2.24) is 0 Å². The summed E-state index contributed by atoms with van der Waals surface area (Å²) in [7, 11) is 0. The first-order valence-electron chi connectivity index (χ1n) is 25.8. The molecule has 2 heterocycles. The number of ether oxygens (including phenoxy) is 6. The van der Waals surface area contributed by atoms with Crippen molar-refractivity contribution < 1.29 is 73.8 Å². The molecule has 0 aromatic heterocycles. The summed E-state index contributed by atoms with van der Waals surface area (Å²) >= 11 is 0. The lowest BCUT2D eigenvalue weighted by Crippen LogP contribution is -2.61. The van der Waals surface area contributed by atoms with Crippen LogP contribution in [0.5, 0.6) is 0 Å². The van der Waals surface area contributed by atoms with Gasteiger partial charge in [0.2, 0.25) is 0 Å². The van der Waals surface area contributed by atoms with Gasteiger partial charge < -0.3 is 64.2 Å². The molecule has 0 amide bonds. The van der Waals surface area contributed by atoms with E-state index in [4.69, 9.17) is 28.4 Å². The predicted molar refractivity (Wildman–Crippen MR) is 279 cm³/mol. The summed E-state index contributed by atoms with van der Waals surface area (Å²) in [6.45, 7) is 2.18. The lowest BCUT2D eigenvalue weighted by atomic mass is 9.98. The third-order valence-corrected chi connectivity index (χ3v) is 11.1. The zero-order valence-electron chi connectivity index (χ0n) is 42.6. The van der Waals surface area contributed by atoms with Crippen LogP contribution in [0.25, 0.3) is 0 Å². The molecule has 2 aliphatic rings. The highest BCUT2D eigenvalue weighted by molar-refractivity contribution is 5.70. The first kappa shape index (κ1) is 63.8. The van der Waals surface area contributed by atoms with E-state index in [1.165, 1.54) is 0 Å². The number of carbonyl (C=O) groups excluding carboxylic acids is 2. The second kappa shape index (κ2) is 42.0. The molecule has 0 saturated carbocycles. The lowest BCUT2D eigenvalue weighted by molar-refractivity contribution is -0.332. The van der Waals surface area contributed by atoms with Gasteiger partial charge >= 0.3 is 11.9 Å². The molecule has 2 saturated heterocycles. The lowest BCUT2D eigenvalue weighted by Gasteiger charge is -2.42. The van der Waals surface area contributed by atoms with Crippen LogP contribution in [0.4, 0.5) is 0 Å². The van der Waals surface area contributed by atoms with Crippen LogP contribution in [0.2, 0.25) is 0 Å². The first-order chi connectivity index (χ1) is 35.0. The second-order valence-corrected chi connectivity index (χ2v) is 17.2. The molecule has 2 fully saturated rings. The van der Waals surface area contributed by atoms with Crippen molar-refractivity contribution in [3.8, 4) is 0 Å². The maximum Gasteiger partial charge on any atom is 0.306 e. The van der Waals surface area contributed by atoms with Crippen molar-refractivity contribution in [2.45, 2.75) is 184 Å². The van der Waals surface area contributed by atoms with Crippen LogP contribution in [0.3, 0.4) is 0 Å². The van der Waals surface area contributed by atoms with Crippen LogP contribution in [0.1, 0.15) is 117 Å². The smallest absolute Gasteiger partial charge is 0.306 e. The standard InChI is InChI=1S/C57H86O15/c1-3-5-7-9-11-13-15-17-19-21-22-24-25-27-29-31-33-35-37-39-48(59)67-42-45(70-49(60)40-38-36-34-32-30-28-26-23-20-18-16-14-12-10-8-6-4-2)43-68-56-55(66)53(64)51(62)47(72-56)44-69-57-54(65)52(63)50(61)46(41-58)71-57/h5-8,11-14,17-20,22,24,26-29,32-35,45-47,50-58,61-66H,3-4,9-10,15-16,21,23,25,30-31,36-44H2,1-2H3/b7-5+,8-6+,13-11+,14-12+,19-17+,20-18+,24-22+,28-26+,29-27+,34-32+,35-33+/t45-,46+,47+,50-,51-,52?,53?,54?,55?,56+,57+/m0/s1. The van der Waals surface area contributed by atoms with E-state index in [-0.39, 0.29) is 19.4 Å². The number of aliphatic hydroxyl groups excluding tert-OH is 7. The molecule has 0 spiro atoms. The number of allylic oxidation sites excluding steroid dienone is 22. The number of rotatable bonds is 37. The molecule has 0 radical (unpaired) electrons. The second-order valence-electron chi connectivity index (χ2n) is 17.2. The van der Waals surface area contributed by atoms with Gasteiger partial charge in [0, 0.05) is 12.8 Å². The van der Waals surface area contributed by atoms with Crippen molar-refractivity contribution in [2.75, 3.05) is 26.4 Å². The molecule has 11 atom stereocenters. The van der Waals surface area contributed by atoms with Gasteiger partial charge in [-0.15, -0.1) is 0 Å². The monoisotopic (exact) mass is 1010 g/mol. The Morgan fingerprint density at radius 2 is 0.833 bits per heavy atom. The molecule has 72 heavy (non-hydrogen) atoms.